The van der Waals surface area contributed by atoms with Gasteiger partial charge in [0, 0.05) is 19.2 Å². The lowest BCUT2D eigenvalue weighted by Crippen LogP contribution is -2.27. The molecule has 0 fully saturated rings. The van der Waals surface area contributed by atoms with Crippen molar-refractivity contribution < 1.29 is 23.8 Å². The van der Waals surface area contributed by atoms with Crippen LogP contribution in [0.1, 0.15) is 49.3 Å². The second-order valence-electron chi connectivity index (χ2n) is 10.2. The number of benzene rings is 3. The molecule has 1 heterocycles. The van der Waals surface area contributed by atoms with Gasteiger partial charge >= 0.3 is 5.97 Å². The lowest BCUT2D eigenvalue weighted by atomic mass is 10.0. The fraction of sp³-hybridized carbons (Fsp3) is 0.250. The Morgan fingerprint density at radius 1 is 0.886 bits per heavy atom. The van der Waals surface area contributed by atoms with E-state index in [1.807, 2.05) is 91.4 Å². The van der Waals surface area contributed by atoms with Crippen LogP contribution in [0.3, 0.4) is 0 Å². The second kappa shape index (κ2) is 15.9. The number of amides is 1. The number of imidazole rings is 1. The van der Waals surface area contributed by atoms with Crippen LogP contribution in [0.25, 0.3) is 28.9 Å². The maximum Gasteiger partial charge on any atom is 0.305 e. The summed E-state index contributed by atoms with van der Waals surface area (Å²) in [6.07, 6.45) is 8.80. The molecule has 0 saturated carbocycles. The number of nitrogens with one attached hydrogen (secondary N) is 1. The van der Waals surface area contributed by atoms with Crippen molar-refractivity contribution in [1.82, 2.24) is 14.9 Å². The molecule has 8 heteroatoms. The number of carbonyl (C=O) groups is 2. The molecule has 0 aliphatic heterocycles. The largest absolute Gasteiger partial charge is 0.497 e. The summed E-state index contributed by atoms with van der Waals surface area (Å²) in [4.78, 5) is 28.8. The van der Waals surface area contributed by atoms with Gasteiger partial charge in [-0.25, -0.2) is 4.98 Å². The van der Waals surface area contributed by atoms with Crippen LogP contribution in [0.2, 0.25) is 0 Å². The third-order valence-electron chi connectivity index (χ3n) is 7.15. The molecule has 0 unspecified atom stereocenters. The predicted octanol–water partition coefficient (Wildman–Crippen LogP) is 6.80. The molecule has 44 heavy (non-hydrogen) atoms. The Kier molecular flexibility index (Phi) is 11.5. The van der Waals surface area contributed by atoms with Crippen LogP contribution in [0.5, 0.6) is 11.5 Å². The number of nitrogens with zero attached hydrogens (tertiary/aromatic N) is 2. The molecule has 0 radical (unpaired) electrons. The first-order chi connectivity index (χ1) is 21.4. The maximum absolute atomic E-state index is 12.8. The number of rotatable bonds is 14. The number of methoxy groups -OCH3 is 2. The molecule has 1 N–H and O–H groups in total. The Morgan fingerprint density at radius 3 is 2.18 bits per heavy atom. The van der Waals surface area contributed by atoms with Gasteiger partial charge in [0.1, 0.15) is 23.9 Å². The van der Waals surface area contributed by atoms with Crippen LogP contribution in [0.4, 0.5) is 0 Å². The van der Waals surface area contributed by atoms with E-state index in [1.165, 1.54) is 7.11 Å². The van der Waals surface area contributed by atoms with Gasteiger partial charge in [-0.15, -0.1) is 0 Å². The molecule has 4 aromatic rings. The van der Waals surface area contributed by atoms with E-state index in [2.05, 4.69) is 34.3 Å². The molecular formula is C36H39N3O5. The van der Waals surface area contributed by atoms with E-state index in [-0.39, 0.29) is 18.4 Å². The highest BCUT2D eigenvalue weighted by atomic mass is 16.5. The standard InChI is InChI=1S/C36H39N3O5/c1-5-26(2)33-24-39(25-35(40)37-23-28-10-17-31(42-3)18-11-28)34(38-33)21-12-27-8-13-29(14-9-27)30-15-19-32(20-16-30)44-22-6-7-36(41)43-4/h5,8-21,24H,6-7,22-23,25H2,1-4H3,(H,37,40)/b21-12+,26-5+. The van der Waals surface area contributed by atoms with Crippen molar-refractivity contribution in [2.45, 2.75) is 39.8 Å². The lowest BCUT2D eigenvalue weighted by molar-refractivity contribution is -0.140. The minimum atomic E-state index is -0.231. The third-order valence-corrected chi connectivity index (χ3v) is 7.15. The molecule has 4 rings (SSSR count). The van der Waals surface area contributed by atoms with Gasteiger partial charge in [-0.1, -0.05) is 60.7 Å². The monoisotopic (exact) mass is 593 g/mol. The Morgan fingerprint density at radius 2 is 1.55 bits per heavy atom. The quantitative estimate of drug-likeness (QED) is 0.128. The topological polar surface area (TPSA) is 91.7 Å². The minimum Gasteiger partial charge on any atom is -0.497 e. The van der Waals surface area contributed by atoms with E-state index >= 15 is 0 Å². The zero-order valence-corrected chi connectivity index (χ0v) is 25.7. The molecule has 0 spiro atoms. The van der Waals surface area contributed by atoms with E-state index < -0.39 is 0 Å². The molecule has 0 atom stereocenters. The van der Waals surface area contributed by atoms with E-state index in [1.54, 1.807) is 7.11 Å². The number of esters is 1. The summed E-state index contributed by atoms with van der Waals surface area (Å²) in [5, 5.41) is 2.99. The molecule has 0 saturated heterocycles. The number of hydrogen-bond acceptors (Lipinski definition) is 6. The van der Waals surface area contributed by atoms with Crippen LogP contribution >= 0.6 is 0 Å². The Labute approximate surface area is 259 Å². The molecule has 8 nitrogen and oxygen atoms in total. The summed E-state index contributed by atoms with van der Waals surface area (Å²) >= 11 is 0. The van der Waals surface area contributed by atoms with Crippen molar-refractivity contribution in [2.75, 3.05) is 20.8 Å². The highest BCUT2D eigenvalue weighted by Crippen LogP contribution is 2.24. The average Bonchev–Trinajstić information content (AvgIpc) is 3.47. The van der Waals surface area contributed by atoms with Gasteiger partial charge in [0.2, 0.25) is 5.91 Å². The maximum atomic E-state index is 12.8. The van der Waals surface area contributed by atoms with Crippen molar-refractivity contribution in [3.63, 3.8) is 0 Å². The van der Waals surface area contributed by atoms with E-state index in [0.717, 1.165) is 45.0 Å². The molecule has 0 aliphatic carbocycles. The Bertz CT molecular complexity index is 1580. The summed E-state index contributed by atoms with van der Waals surface area (Å²) in [7, 11) is 3.02. The molecule has 1 amide bonds. The molecular weight excluding hydrogens is 554 g/mol. The Balaban J connectivity index is 1.38. The number of ether oxygens (including phenoxy) is 3. The van der Waals surface area contributed by atoms with Gasteiger partial charge in [0.15, 0.2) is 0 Å². The van der Waals surface area contributed by atoms with Gasteiger partial charge in [-0.3, -0.25) is 9.59 Å². The molecule has 0 bridgehead atoms. The van der Waals surface area contributed by atoms with E-state index in [9.17, 15) is 9.59 Å². The van der Waals surface area contributed by atoms with Gasteiger partial charge in [0.05, 0.1) is 26.5 Å². The summed E-state index contributed by atoms with van der Waals surface area (Å²) in [6.45, 7) is 5.03. The fourth-order valence-corrected chi connectivity index (χ4v) is 4.39. The molecule has 1 aromatic heterocycles. The molecule has 0 aliphatic rings. The number of hydrogen-bond donors (Lipinski definition) is 1. The van der Waals surface area contributed by atoms with Crippen molar-refractivity contribution in [2.24, 2.45) is 0 Å². The molecule has 228 valence electrons. The number of allylic oxidation sites excluding steroid dienone is 2. The molecule has 3 aromatic carbocycles. The van der Waals surface area contributed by atoms with Crippen molar-refractivity contribution >= 4 is 29.6 Å². The minimum absolute atomic E-state index is 0.0977. The first kappa shape index (κ1) is 31.8. The summed E-state index contributed by atoms with van der Waals surface area (Å²) in [5.74, 6) is 1.91. The second-order valence-corrected chi connectivity index (χ2v) is 10.2. The summed E-state index contributed by atoms with van der Waals surface area (Å²) in [6, 6.07) is 23.8. The van der Waals surface area contributed by atoms with E-state index in [4.69, 9.17) is 14.5 Å². The van der Waals surface area contributed by atoms with Crippen LogP contribution in [-0.4, -0.2) is 42.3 Å². The smallest absolute Gasteiger partial charge is 0.305 e. The Hall–Kier alpha value is -5.11. The highest BCUT2D eigenvalue weighted by molar-refractivity contribution is 5.77. The van der Waals surface area contributed by atoms with Gasteiger partial charge in [0.25, 0.3) is 0 Å². The van der Waals surface area contributed by atoms with Crippen LogP contribution in [0, 0.1) is 0 Å². The van der Waals surface area contributed by atoms with Crippen molar-refractivity contribution in [3.05, 3.63) is 108 Å². The lowest BCUT2D eigenvalue weighted by Gasteiger charge is -2.08. The van der Waals surface area contributed by atoms with E-state index in [0.29, 0.717) is 31.8 Å². The fourth-order valence-electron chi connectivity index (χ4n) is 4.39. The van der Waals surface area contributed by atoms with Gasteiger partial charge in [-0.05, 0) is 78.4 Å². The van der Waals surface area contributed by atoms with Crippen LogP contribution < -0.4 is 14.8 Å². The van der Waals surface area contributed by atoms with Gasteiger partial charge < -0.3 is 24.1 Å². The van der Waals surface area contributed by atoms with Crippen molar-refractivity contribution in [3.8, 4) is 22.6 Å². The highest BCUT2D eigenvalue weighted by Gasteiger charge is 2.11. The zero-order chi connectivity index (χ0) is 31.3. The first-order valence-electron chi connectivity index (χ1n) is 14.6. The van der Waals surface area contributed by atoms with Gasteiger partial charge in [-0.2, -0.15) is 0 Å². The first-order valence-corrected chi connectivity index (χ1v) is 14.6. The van der Waals surface area contributed by atoms with Crippen LogP contribution in [0.15, 0.2) is 85.1 Å². The van der Waals surface area contributed by atoms with Crippen LogP contribution in [-0.2, 0) is 27.4 Å². The summed E-state index contributed by atoms with van der Waals surface area (Å²) < 4.78 is 17.4. The predicted molar refractivity (Wildman–Crippen MR) is 174 cm³/mol. The SMILES string of the molecule is C/C=C(\C)c1cn(CC(=O)NCc2ccc(OC)cc2)c(/C=C/c2ccc(-c3ccc(OCCCC(=O)OC)cc3)cc2)n1. The third kappa shape index (κ3) is 9.19. The number of carbonyl (C=O) groups excluding carboxylic acids is 2. The zero-order valence-electron chi connectivity index (χ0n) is 25.7. The summed E-state index contributed by atoms with van der Waals surface area (Å²) in [5.41, 5.74) is 6.04. The normalized spacial score (nSPS) is 11.4. The number of aromatic nitrogens is 2. The van der Waals surface area contributed by atoms with Crippen molar-refractivity contribution in [1.29, 1.82) is 0 Å². The average molecular weight is 594 g/mol.